The van der Waals surface area contributed by atoms with Gasteiger partial charge in [0.05, 0.1) is 40.4 Å². The molecule has 260 valence electrons. The molecule has 11 heteroatoms. The number of carbonyl (C=O) groups excluding carboxylic acids is 3. The molecule has 3 aliphatic rings. The molecule has 3 aromatic rings. The van der Waals surface area contributed by atoms with Crippen molar-refractivity contribution in [1.82, 2.24) is 4.90 Å². The third-order valence-electron chi connectivity index (χ3n) is 10.7. The lowest BCUT2D eigenvalue weighted by molar-refractivity contribution is -0.154. The quantitative estimate of drug-likeness (QED) is 0.185. The number of aliphatic hydroxyl groups excluding tert-OH is 1. The van der Waals surface area contributed by atoms with E-state index in [0.717, 1.165) is 22.4 Å². The zero-order valence-electron chi connectivity index (χ0n) is 29.0. The Morgan fingerprint density at radius 3 is 2.37 bits per heavy atom. The smallest absolute Gasteiger partial charge is 0.304 e. The second-order valence-electron chi connectivity index (χ2n) is 13.9. The zero-order chi connectivity index (χ0) is 35.0. The Morgan fingerprint density at radius 2 is 1.73 bits per heavy atom. The first-order chi connectivity index (χ1) is 23.5. The first-order valence-corrected chi connectivity index (χ1v) is 20.0. The highest BCUT2D eigenvalue weighted by atomic mass is 28.3. The number of hydrogen-bond acceptors (Lipinski definition) is 8. The molecule has 6 atom stereocenters. The van der Waals surface area contributed by atoms with E-state index in [0.29, 0.717) is 24.4 Å². The number of fused-ring (bicyclic) bond motifs is 2. The van der Waals surface area contributed by atoms with Gasteiger partial charge in [0, 0.05) is 49.7 Å². The van der Waals surface area contributed by atoms with Gasteiger partial charge in [0.15, 0.2) is 6.23 Å². The van der Waals surface area contributed by atoms with E-state index in [1.54, 1.807) is 20.3 Å². The van der Waals surface area contributed by atoms with Crippen molar-refractivity contribution in [3.05, 3.63) is 83.4 Å². The number of β-lactam (4-membered cyclic amide) rings is 1. The molecule has 0 radical (unpaired) electrons. The summed E-state index contributed by atoms with van der Waals surface area (Å²) in [7, 11) is 0.838. The highest BCUT2D eigenvalue weighted by molar-refractivity contribution is 6.91. The fraction of sp³-hybridized carbons (Fsp3) is 0.447. The molecule has 0 aliphatic carbocycles. The molecule has 2 unspecified atom stereocenters. The Labute approximate surface area is 288 Å². The minimum atomic E-state index is -2.47. The van der Waals surface area contributed by atoms with E-state index in [4.69, 9.17) is 18.9 Å². The van der Waals surface area contributed by atoms with E-state index in [2.05, 4.69) is 44.3 Å². The number of methoxy groups -OCH3 is 2. The molecule has 3 aliphatic heterocycles. The Balaban J connectivity index is 1.35. The SMILES string of the molecule is COc1ccc([Si](C)(C)C(CC(=O)N2Cc3ccccc3C[C@H]2CO)[C@H]2Oc3ccc(N4C(=O)CC4OC(C)=O)cc3[C@@H](OC)[C@@H]2C)cc1. The normalized spacial score (nSPS) is 23.8. The summed E-state index contributed by atoms with van der Waals surface area (Å²) >= 11 is 0. The maximum Gasteiger partial charge on any atom is 0.304 e. The number of anilines is 1. The van der Waals surface area contributed by atoms with Gasteiger partial charge in [-0.15, -0.1) is 0 Å². The van der Waals surface area contributed by atoms with Gasteiger partial charge in [-0.1, -0.05) is 61.6 Å². The molecular weight excluding hydrogens is 641 g/mol. The van der Waals surface area contributed by atoms with Crippen molar-refractivity contribution in [3.63, 3.8) is 0 Å². The van der Waals surface area contributed by atoms with Gasteiger partial charge in [-0.3, -0.25) is 19.3 Å². The van der Waals surface area contributed by atoms with Crippen LogP contribution in [0.15, 0.2) is 66.7 Å². The number of amides is 2. The number of benzene rings is 3. The minimum Gasteiger partial charge on any atom is -0.497 e. The highest BCUT2D eigenvalue weighted by Crippen LogP contribution is 2.49. The van der Waals surface area contributed by atoms with E-state index >= 15 is 0 Å². The summed E-state index contributed by atoms with van der Waals surface area (Å²) in [5, 5.41) is 11.6. The Hall–Kier alpha value is -4.19. The molecule has 2 amide bonds. The molecule has 6 rings (SSSR count). The molecular formula is C38H46N2O8Si. The van der Waals surface area contributed by atoms with Gasteiger partial charge in [0.2, 0.25) is 11.8 Å². The molecule has 1 fully saturated rings. The molecule has 0 spiro atoms. The predicted octanol–water partition coefficient (Wildman–Crippen LogP) is 4.73. The van der Waals surface area contributed by atoms with Gasteiger partial charge >= 0.3 is 5.97 Å². The number of rotatable bonds is 10. The van der Waals surface area contributed by atoms with Crippen LogP contribution in [0.25, 0.3) is 0 Å². The summed E-state index contributed by atoms with van der Waals surface area (Å²) in [5.74, 6) is 0.650. The molecule has 1 saturated heterocycles. The monoisotopic (exact) mass is 686 g/mol. The average Bonchev–Trinajstić information content (AvgIpc) is 3.09. The summed E-state index contributed by atoms with van der Waals surface area (Å²) in [5.41, 5.74) is 3.50. The van der Waals surface area contributed by atoms with Crippen LogP contribution < -0.4 is 19.6 Å². The van der Waals surface area contributed by atoms with Gasteiger partial charge in [-0.05, 0) is 47.9 Å². The highest BCUT2D eigenvalue weighted by Gasteiger charge is 2.49. The molecule has 0 saturated carbocycles. The lowest BCUT2D eigenvalue weighted by Crippen LogP contribution is -2.56. The lowest BCUT2D eigenvalue weighted by Gasteiger charge is -2.47. The van der Waals surface area contributed by atoms with Crippen molar-refractivity contribution in [1.29, 1.82) is 0 Å². The van der Waals surface area contributed by atoms with Crippen LogP contribution >= 0.6 is 0 Å². The molecule has 0 bridgehead atoms. The summed E-state index contributed by atoms with van der Waals surface area (Å²) in [4.78, 5) is 42.0. The van der Waals surface area contributed by atoms with Gasteiger partial charge in [-0.25, -0.2) is 0 Å². The summed E-state index contributed by atoms with van der Waals surface area (Å²) in [6, 6.07) is 21.5. The Bertz CT molecular complexity index is 1710. The van der Waals surface area contributed by atoms with Crippen molar-refractivity contribution in [2.45, 2.75) is 82.8 Å². The van der Waals surface area contributed by atoms with Crippen molar-refractivity contribution in [3.8, 4) is 11.5 Å². The molecule has 3 heterocycles. The number of ether oxygens (including phenoxy) is 4. The lowest BCUT2D eigenvalue weighted by atomic mass is 9.85. The zero-order valence-corrected chi connectivity index (χ0v) is 30.0. The molecule has 0 aromatic heterocycles. The molecule has 1 N–H and O–H groups in total. The van der Waals surface area contributed by atoms with E-state index in [1.807, 2.05) is 41.3 Å². The fourth-order valence-corrected chi connectivity index (χ4v) is 11.2. The number of carbonyl (C=O) groups is 3. The number of nitrogens with zero attached hydrogens (tertiary/aromatic N) is 2. The van der Waals surface area contributed by atoms with Crippen LogP contribution in [-0.4, -0.2) is 75.1 Å². The largest absolute Gasteiger partial charge is 0.497 e. The maximum absolute atomic E-state index is 14.5. The average molecular weight is 687 g/mol. The minimum absolute atomic E-state index is 0.00800. The molecule has 10 nitrogen and oxygen atoms in total. The van der Waals surface area contributed by atoms with Crippen molar-refractivity contribution in [2.75, 3.05) is 25.7 Å². The maximum atomic E-state index is 14.5. The second kappa shape index (κ2) is 14.0. The number of hydrogen-bond donors (Lipinski definition) is 1. The third kappa shape index (κ3) is 6.59. The summed E-state index contributed by atoms with van der Waals surface area (Å²) < 4.78 is 23.9. The van der Waals surface area contributed by atoms with Crippen LogP contribution in [0.2, 0.25) is 18.6 Å². The van der Waals surface area contributed by atoms with E-state index in [-0.39, 0.29) is 61.0 Å². The van der Waals surface area contributed by atoms with Crippen LogP contribution in [0, 0.1) is 5.92 Å². The molecule has 49 heavy (non-hydrogen) atoms. The summed E-state index contributed by atoms with van der Waals surface area (Å²) in [6.07, 6.45) is -0.412. The van der Waals surface area contributed by atoms with Crippen LogP contribution in [0.1, 0.15) is 49.5 Å². The van der Waals surface area contributed by atoms with Gasteiger partial charge < -0.3 is 29.0 Å². The van der Waals surface area contributed by atoms with Gasteiger partial charge in [0.25, 0.3) is 0 Å². The van der Waals surface area contributed by atoms with E-state index in [9.17, 15) is 19.5 Å². The van der Waals surface area contributed by atoms with E-state index < -0.39 is 20.3 Å². The fourth-order valence-electron chi connectivity index (χ4n) is 7.86. The van der Waals surface area contributed by atoms with Crippen molar-refractivity contribution >= 4 is 36.7 Å². The van der Waals surface area contributed by atoms with Crippen LogP contribution in [0.5, 0.6) is 11.5 Å². The summed E-state index contributed by atoms with van der Waals surface area (Å²) in [6.45, 7) is 8.32. The Morgan fingerprint density at radius 1 is 1.02 bits per heavy atom. The van der Waals surface area contributed by atoms with Crippen LogP contribution in [0.3, 0.4) is 0 Å². The Kier molecular flexibility index (Phi) is 9.88. The predicted molar refractivity (Wildman–Crippen MR) is 187 cm³/mol. The second-order valence-corrected chi connectivity index (χ2v) is 18.7. The van der Waals surface area contributed by atoms with Crippen LogP contribution in [-0.2, 0) is 36.8 Å². The number of esters is 1. The van der Waals surface area contributed by atoms with Gasteiger partial charge in [0.1, 0.15) is 17.6 Å². The van der Waals surface area contributed by atoms with Gasteiger partial charge in [-0.2, -0.15) is 0 Å². The standard InChI is InChI=1S/C38H46N2O8Si/c1-23-37(46-4)31-18-27(40-35(44)20-36(40)47-24(2)42)11-16-32(31)48-38(23)33(49(5,6)30-14-12-29(45-3)13-15-30)19-34(43)39-21-26-10-8-7-9-25(26)17-28(39)22-41/h7-16,18,23,28,33,36-38,41H,17,19-22H2,1-6H3/t23-,28-,33?,36?,37-,38-/m0/s1. The first kappa shape index (κ1) is 34.7. The van der Waals surface area contributed by atoms with Crippen molar-refractivity contribution < 1.29 is 38.4 Å². The number of aliphatic hydroxyl groups is 1. The van der Waals surface area contributed by atoms with E-state index in [1.165, 1.54) is 17.0 Å². The van der Waals surface area contributed by atoms with Crippen molar-refractivity contribution in [2.24, 2.45) is 5.92 Å². The molecule has 3 aromatic carbocycles. The first-order valence-electron chi connectivity index (χ1n) is 16.9. The topological polar surface area (TPSA) is 115 Å². The van der Waals surface area contributed by atoms with Crippen LogP contribution in [0.4, 0.5) is 5.69 Å². The third-order valence-corrected chi connectivity index (χ3v) is 14.9.